The molecule has 520 valence electrons. The van der Waals surface area contributed by atoms with Crippen molar-refractivity contribution in [3.63, 3.8) is 0 Å². The standard InChI is InChI=1S/C82H157NO5/c1-3-5-7-9-11-13-15-17-18-19-20-21-22-32-35-38-41-44-47-51-54-58-62-66-70-74-80(85)79(78-84)83-81(86)75-71-67-63-59-55-52-48-45-42-39-36-33-30-28-26-24-23-25-27-29-31-34-37-40-43-46-49-53-57-61-65-69-73-77-88-82(87)76-72-68-64-60-56-50-16-14-12-10-8-6-4-2/h8,10,14,16,27,29,79-80,84-85H,3-7,9,11-13,15,17-26,28,30-78H2,1-2H3,(H,83,86)/b10-8-,16-14-,29-27-. The van der Waals surface area contributed by atoms with E-state index in [0.717, 1.165) is 51.4 Å². The zero-order valence-corrected chi connectivity index (χ0v) is 59.7. The van der Waals surface area contributed by atoms with Crippen molar-refractivity contribution in [3.8, 4) is 0 Å². The number of nitrogens with one attached hydrogen (secondary N) is 1. The van der Waals surface area contributed by atoms with Crippen molar-refractivity contribution in [3.05, 3.63) is 36.5 Å². The van der Waals surface area contributed by atoms with Crippen LogP contribution in [0.2, 0.25) is 0 Å². The summed E-state index contributed by atoms with van der Waals surface area (Å²) in [4.78, 5) is 24.6. The first kappa shape index (κ1) is 86.1. The van der Waals surface area contributed by atoms with E-state index in [1.54, 1.807) is 0 Å². The SMILES string of the molecule is CCC/C=C\C/C=C\CCCCCCCC(=O)OCCCCCCCCCCCCCC/C=C\CCCCCCCCCCCCCCCCCCCC(=O)NC(CO)C(O)CCCCCCCCCCCCCCCCCCCCCCCCCCC. The third-order valence-electron chi connectivity index (χ3n) is 18.9. The van der Waals surface area contributed by atoms with Gasteiger partial charge in [-0.2, -0.15) is 0 Å². The van der Waals surface area contributed by atoms with Gasteiger partial charge >= 0.3 is 5.97 Å². The van der Waals surface area contributed by atoms with Crippen LogP contribution in [0.4, 0.5) is 0 Å². The maximum absolute atomic E-state index is 12.6. The topological polar surface area (TPSA) is 95.9 Å². The van der Waals surface area contributed by atoms with Crippen molar-refractivity contribution < 1.29 is 24.5 Å². The number of allylic oxidation sites excluding steroid dienone is 6. The van der Waals surface area contributed by atoms with Crippen LogP contribution in [0.1, 0.15) is 450 Å². The Morgan fingerprint density at radius 3 is 0.920 bits per heavy atom. The highest BCUT2D eigenvalue weighted by Gasteiger charge is 2.20. The molecule has 3 N–H and O–H groups in total. The molecule has 0 fully saturated rings. The van der Waals surface area contributed by atoms with E-state index in [4.69, 9.17) is 4.74 Å². The van der Waals surface area contributed by atoms with Gasteiger partial charge in [0.2, 0.25) is 5.91 Å². The quantitative estimate of drug-likeness (QED) is 0.0320. The Morgan fingerprint density at radius 1 is 0.318 bits per heavy atom. The fourth-order valence-corrected chi connectivity index (χ4v) is 12.8. The second-order valence-corrected chi connectivity index (χ2v) is 27.7. The fraction of sp³-hybridized carbons (Fsp3) is 0.902. The van der Waals surface area contributed by atoms with Crippen LogP contribution in [0, 0.1) is 0 Å². The predicted octanol–water partition coefficient (Wildman–Crippen LogP) is 26.6. The number of carbonyl (C=O) groups excluding carboxylic acids is 2. The third kappa shape index (κ3) is 73.1. The van der Waals surface area contributed by atoms with Crippen molar-refractivity contribution in [2.45, 2.75) is 463 Å². The Bertz CT molecular complexity index is 1430. The zero-order chi connectivity index (χ0) is 63.5. The molecule has 0 saturated heterocycles. The highest BCUT2D eigenvalue weighted by atomic mass is 16.5. The number of hydrogen-bond donors (Lipinski definition) is 3. The second-order valence-electron chi connectivity index (χ2n) is 27.7. The molecule has 2 atom stereocenters. The number of hydrogen-bond acceptors (Lipinski definition) is 5. The molecule has 0 bridgehead atoms. The fourth-order valence-electron chi connectivity index (χ4n) is 12.8. The molecule has 0 aromatic rings. The lowest BCUT2D eigenvalue weighted by molar-refractivity contribution is -0.143. The number of ether oxygens (including phenoxy) is 1. The van der Waals surface area contributed by atoms with Crippen LogP contribution in [-0.4, -0.2) is 47.4 Å². The predicted molar refractivity (Wildman–Crippen MR) is 389 cm³/mol. The molecule has 0 aliphatic heterocycles. The molecule has 0 aliphatic carbocycles. The molecule has 0 saturated carbocycles. The molecule has 0 spiro atoms. The molecule has 1 amide bonds. The minimum absolute atomic E-state index is 0.00395. The molecule has 2 unspecified atom stereocenters. The molecule has 6 heteroatoms. The van der Waals surface area contributed by atoms with Gasteiger partial charge in [-0.25, -0.2) is 0 Å². The number of amides is 1. The average molecular weight is 1240 g/mol. The summed E-state index contributed by atoms with van der Waals surface area (Å²) >= 11 is 0. The number of unbranched alkanes of at least 4 members (excludes halogenated alkanes) is 59. The Morgan fingerprint density at radius 2 is 0.591 bits per heavy atom. The van der Waals surface area contributed by atoms with Gasteiger partial charge in [-0.15, -0.1) is 0 Å². The number of carbonyl (C=O) groups is 2. The van der Waals surface area contributed by atoms with Crippen LogP contribution in [-0.2, 0) is 14.3 Å². The summed E-state index contributed by atoms with van der Waals surface area (Å²) < 4.78 is 5.48. The first-order chi connectivity index (χ1) is 43.5. The molecule has 0 aromatic heterocycles. The van der Waals surface area contributed by atoms with Crippen LogP contribution in [0.5, 0.6) is 0 Å². The van der Waals surface area contributed by atoms with E-state index < -0.39 is 12.1 Å². The Hall–Kier alpha value is -1.92. The lowest BCUT2D eigenvalue weighted by Gasteiger charge is -2.22. The average Bonchev–Trinajstić information content (AvgIpc) is 3.54. The van der Waals surface area contributed by atoms with Crippen LogP contribution >= 0.6 is 0 Å². The number of aliphatic hydroxyl groups excluding tert-OH is 2. The van der Waals surface area contributed by atoms with Crippen molar-refractivity contribution in [2.75, 3.05) is 13.2 Å². The largest absolute Gasteiger partial charge is 0.466 e. The molecule has 0 radical (unpaired) electrons. The van der Waals surface area contributed by atoms with Gasteiger partial charge in [0.05, 0.1) is 25.4 Å². The first-order valence-electron chi connectivity index (χ1n) is 40.2. The third-order valence-corrected chi connectivity index (χ3v) is 18.9. The van der Waals surface area contributed by atoms with E-state index >= 15 is 0 Å². The van der Waals surface area contributed by atoms with Crippen LogP contribution in [0.15, 0.2) is 36.5 Å². The molecule has 88 heavy (non-hydrogen) atoms. The lowest BCUT2D eigenvalue weighted by atomic mass is 10.0. The van der Waals surface area contributed by atoms with Gasteiger partial charge in [-0.3, -0.25) is 9.59 Å². The summed E-state index contributed by atoms with van der Waals surface area (Å²) in [6.07, 6.45) is 101. The number of rotatable bonds is 76. The van der Waals surface area contributed by atoms with Gasteiger partial charge in [0.15, 0.2) is 0 Å². The summed E-state index contributed by atoms with van der Waals surface area (Å²) in [6, 6.07) is -0.541. The second kappa shape index (κ2) is 77.5. The Kier molecular flexibility index (Phi) is 75.8. The van der Waals surface area contributed by atoms with E-state index in [2.05, 4.69) is 55.6 Å². The van der Waals surface area contributed by atoms with Gasteiger partial charge in [-0.1, -0.05) is 397 Å². The number of esters is 1. The minimum Gasteiger partial charge on any atom is -0.466 e. The van der Waals surface area contributed by atoms with Crippen LogP contribution in [0.3, 0.4) is 0 Å². The summed E-state index contributed by atoms with van der Waals surface area (Å²) in [6.45, 7) is 4.93. The van der Waals surface area contributed by atoms with Gasteiger partial charge < -0.3 is 20.3 Å². The van der Waals surface area contributed by atoms with Gasteiger partial charge in [0.1, 0.15) is 0 Å². The van der Waals surface area contributed by atoms with E-state index in [-0.39, 0.29) is 18.5 Å². The molecule has 0 rings (SSSR count). The smallest absolute Gasteiger partial charge is 0.305 e. The number of aliphatic hydroxyl groups is 2. The summed E-state index contributed by atoms with van der Waals surface area (Å²) in [5.41, 5.74) is 0. The van der Waals surface area contributed by atoms with E-state index in [0.29, 0.717) is 25.9 Å². The summed E-state index contributed by atoms with van der Waals surface area (Å²) in [7, 11) is 0. The van der Waals surface area contributed by atoms with Crippen molar-refractivity contribution in [2.24, 2.45) is 0 Å². The maximum atomic E-state index is 12.6. The van der Waals surface area contributed by atoms with Gasteiger partial charge in [0, 0.05) is 12.8 Å². The monoisotopic (exact) mass is 1240 g/mol. The molecular formula is C82H157NO5. The van der Waals surface area contributed by atoms with Crippen LogP contribution < -0.4 is 5.32 Å². The molecular weight excluding hydrogens is 1080 g/mol. The first-order valence-corrected chi connectivity index (χ1v) is 40.2. The Labute approximate surface area is 551 Å². The minimum atomic E-state index is -0.664. The van der Waals surface area contributed by atoms with Gasteiger partial charge in [-0.05, 0) is 77.0 Å². The maximum Gasteiger partial charge on any atom is 0.305 e. The normalized spacial score (nSPS) is 12.6. The molecule has 6 nitrogen and oxygen atoms in total. The summed E-state index contributed by atoms with van der Waals surface area (Å²) in [5.74, 6) is -0.0223. The zero-order valence-electron chi connectivity index (χ0n) is 59.7. The van der Waals surface area contributed by atoms with Crippen molar-refractivity contribution in [1.82, 2.24) is 5.32 Å². The van der Waals surface area contributed by atoms with Crippen molar-refractivity contribution >= 4 is 11.9 Å². The molecule has 0 heterocycles. The van der Waals surface area contributed by atoms with Crippen LogP contribution in [0.25, 0.3) is 0 Å². The van der Waals surface area contributed by atoms with E-state index in [1.807, 2.05) is 0 Å². The van der Waals surface area contributed by atoms with E-state index in [9.17, 15) is 19.8 Å². The highest BCUT2D eigenvalue weighted by Crippen LogP contribution is 2.20. The molecule has 0 aromatic carbocycles. The van der Waals surface area contributed by atoms with E-state index in [1.165, 1.54) is 366 Å². The lowest BCUT2D eigenvalue weighted by Crippen LogP contribution is -2.45. The van der Waals surface area contributed by atoms with Gasteiger partial charge in [0.25, 0.3) is 0 Å². The Balaban J connectivity index is 3.36. The highest BCUT2D eigenvalue weighted by molar-refractivity contribution is 5.76. The molecule has 0 aliphatic rings. The summed E-state index contributed by atoms with van der Waals surface area (Å²) in [5, 5.41) is 23.5. The van der Waals surface area contributed by atoms with Crippen molar-refractivity contribution in [1.29, 1.82) is 0 Å².